The van der Waals surface area contributed by atoms with Crippen LogP contribution in [0.4, 0.5) is 0 Å². The van der Waals surface area contributed by atoms with Crippen molar-refractivity contribution in [2.75, 3.05) is 6.61 Å². The molecule has 0 atom stereocenters. The smallest absolute Gasteiger partial charge is 0.0999 e. The molecule has 16 heavy (non-hydrogen) atoms. The van der Waals surface area contributed by atoms with E-state index in [2.05, 4.69) is 16.4 Å². The summed E-state index contributed by atoms with van der Waals surface area (Å²) in [4.78, 5) is 0. The summed E-state index contributed by atoms with van der Waals surface area (Å²) < 4.78 is 1.88. The van der Waals surface area contributed by atoms with Crippen molar-refractivity contribution in [2.24, 2.45) is 0 Å². The molecule has 1 heterocycles. The summed E-state index contributed by atoms with van der Waals surface area (Å²) in [6, 6.07) is 2.10. The molecule has 0 aromatic carbocycles. The van der Waals surface area contributed by atoms with E-state index in [1.54, 1.807) is 0 Å². The van der Waals surface area contributed by atoms with Crippen molar-refractivity contribution in [1.29, 1.82) is 5.26 Å². The first kappa shape index (κ1) is 12.7. The fraction of sp³-hybridized carbons (Fsp3) is 0.727. The lowest BCUT2D eigenvalue weighted by Gasteiger charge is -2.04. The van der Waals surface area contributed by atoms with Gasteiger partial charge in [0.1, 0.15) is 0 Å². The number of aromatic nitrogens is 3. The Morgan fingerprint density at radius 1 is 1.38 bits per heavy atom. The number of aryl methyl sites for hydroxylation is 1. The summed E-state index contributed by atoms with van der Waals surface area (Å²) >= 11 is 0. The topological polar surface area (TPSA) is 74.7 Å². The van der Waals surface area contributed by atoms with Crippen LogP contribution in [-0.2, 0) is 19.4 Å². The van der Waals surface area contributed by atoms with Gasteiger partial charge >= 0.3 is 0 Å². The first-order chi connectivity index (χ1) is 7.83. The molecule has 5 heteroatoms. The van der Waals surface area contributed by atoms with Gasteiger partial charge in [-0.2, -0.15) is 5.26 Å². The molecule has 0 bridgehead atoms. The number of hydrogen-bond acceptors (Lipinski definition) is 4. The number of nitrogens with zero attached hydrogens (tertiary/aromatic N) is 4. The van der Waals surface area contributed by atoms with Gasteiger partial charge in [0, 0.05) is 13.2 Å². The van der Waals surface area contributed by atoms with Gasteiger partial charge in [0.05, 0.1) is 23.9 Å². The zero-order chi connectivity index (χ0) is 11.8. The van der Waals surface area contributed by atoms with E-state index < -0.39 is 0 Å². The van der Waals surface area contributed by atoms with E-state index in [1.807, 2.05) is 11.6 Å². The molecule has 1 N–H and O–H groups in total. The first-order valence-electron chi connectivity index (χ1n) is 5.72. The highest BCUT2D eigenvalue weighted by molar-refractivity contribution is 5.13. The number of rotatable bonds is 7. The Kier molecular flexibility index (Phi) is 5.51. The average molecular weight is 222 g/mol. The van der Waals surface area contributed by atoms with Gasteiger partial charge < -0.3 is 5.11 Å². The summed E-state index contributed by atoms with van der Waals surface area (Å²) in [7, 11) is 0. The Hall–Kier alpha value is -1.41. The second-order valence-electron chi connectivity index (χ2n) is 3.68. The maximum absolute atomic E-state index is 8.67. The van der Waals surface area contributed by atoms with Crippen LogP contribution < -0.4 is 0 Å². The highest BCUT2D eigenvalue weighted by atomic mass is 16.2. The Labute approximate surface area is 95.7 Å². The minimum absolute atomic E-state index is 0.248. The number of hydrogen-bond donors (Lipinski definition) is 1. The number of nitriles is 1. The van der Waals surface area contributed by atoms with Crippen LogP contribution in [0, 0.1) is 11.3 Å². The normalized spacial score (nSPS) is 10.3. The van der Waals surface area contributed by atoms with E-state index in [1.165, 1.54) is 0 Å². The van der Waals surface area contributed by atoms with Crippen LogP contribution >= 0.6 is 0 Å². The molecule has 0 fully saturated rings. The van der Waals surface area contributed by atoms with Crippen LogP contribution in [-0.4, -0.2) is 26.7 Å². The number of aliphatic hydroxyl groups is 1. The lowest BCUT2D eigenvalue weighted by Crippen LogP contribution is -2.05. The molecule has 1 aromatic rings. The van der Waals surface area contributed by atoms with Gasteiger partial charge in [0.25, 0.3) is 0 Å². The van der Waals surface area contributed by atoms with E-state index >= 15 is 0 Å². The van der Waals surface area contributed by atoms with Gasteiger partial charge in [-0.1, -0.05) is 12.1 Å². The summed E-state index contributed by atoms with van der Waals surface area (Å²) in [5.41, 5.74) is 1.86. The molecule has 0 aliphatic carbocycles. The van der Waals surface area contributed by atoms with Crippen molar-refractivity contribution in [1.82, 2.24) is 15.0 Å². The Morgan fingerprint density at radius 2 is 2.19 bits per heavy atom. The van der Waals surface area contributed by atoms with Gasteiger partial charge in [-0.15, -0.1) is 5.10 Å². The Bertz CT molecular complexity index is 353. The summed E-state index contributed by atoms with van der Waals surface area (Å²) in [5, 5.41) is 25.4. The Morgan fingerprint density at radius 3 is 2.81 bits per heavy atom. The minimum Gasteiger partial charge on any atom is -0.396 e. The Balaban J connectivity index is 2.55. The van der Waals surface area contributed by atoms with Gasteiger partial charge in [-0.05, 0) is 25.7 Å². The van der Waals surface area contributed by atoms with Crippen LogP contribution in [0.25, 0.3) is 0 Å². The molecule has 0 saturated carbocycles. The second kappa shape index (κ2) is 6.96. The van der Waals surface area contributed by atoms with Crippen LogP contribution in [0.15, 0.2) is 0 Å². The molecule has 1 rings (SSSR count). The maximum Gasteiger partial charge on any atom is 0.0999 e. The third-order valence-electron chi connectivity index (χ3n) is 2.53. The second-order valence-corrected chi connectivity index (χ2v) is 3.68. The van der Waals surface area contributed by atoms with Crippen LogP contribution in [0.5, 0.6) is 0 Å². The lowest BCUT2D eigenvalue weighted by atomic mass is 10.2. The third kappa shape index (κ3) is 3.31. The lowest BCUT2D eigenvalue weighted by molar-refractivity contribution is 0.281. The van der Waals surface area contributed by atoms with Crippen molar-refractivity contribution < 1.29 is 5.11 Å². The van der Waals surface area contributed by atoms with Gasteiger partial charge in [-0.3, -0.25) is 0 Å². The molecule has 0 saturated heterocycles. The van der Waals surface area contributed by atoms with E-state index in [0.717, 1.165) is 43.6 Å². The minimum atomic E-state index is 0.248. The highest BCUT2D eigenvalue weighted by Gasteiger charge is 2.09. The summed E-state index contributed by atoms with van der Waals surface area (Å²) in [5.74, 6) is 0. The standard InChI is InChI=1S/C11H18N4O/c1-2-11-10(6-7-12)13-14-15(11)8-4-3-5-9-16/h16H,2-6,8-9H2,1H3. The third-order valence-corrected chi connectivity index (χ3v) is 2.53. The van der Waals surface area contributed by atoms with Crippen molar-refractivity contribution >= 4 is 0 Å². The number of aliphatic hydroxyl groups excluding tert-OH is 1. The predicted molar refractivity (Wildman–Crippen MR) is 59.7 cm³/mol. The van der Waals surface area contributed by atoms with Crippen molar-refractivity contribution in [2.45, 2.75) is 45.6 Å². The van der Waals surface area contributed by atoms with Crippen LogP contribution in [0.3, 0.4) is 0 Å². The first-order valence-corrected chi connectivity index (χ1v) is 5.72. The molecule has 88 valence electrons. The van der Waals surface area contributed by atoms with Gasteiger partial charge in [-0.25, -0.2) is 4.68 Å². The SMILES string of the molecule is CCc1c(CC#N)nnn1CCCCCO. The molecule has 0 aliphatic heterocycles. The zero-order valence-corrected chi connectivity index (χ0v) is 9.69. The van der Waals surface area contributed by atoms with E-state index in [4.69, 9.17) is 10.4 Å². The molecule has 0 radical (unpaired) electrons. The van der Waals surface area contributed by atoms with E-state index in [9.17, 15) is 0 Å². The molecular formula is C11H18N4O. The zero-order valence-electron chi connectivity index (χ0n) is 9.69. The number of unbranched alkanes of at least 4 members (excludes halogenated alkanes) is 2. The fourth-order valence-electron chi connectivity index (χ4n) is 1.70. The molecule has 0 spiro atoms. The molecule has 0 amide bonds. The molecule has 5 nitrogen and oxygen atoms in total. The molecular weight excluding hydrogens is 204 g/mol. The fourth-order valence-corrected chi connectivity index (χ4v) is 1.70. The summed E-state index contributed by atoms with van der Waals surface area (Å²) in [6.07, 6.45) is 4.00. The molecule has 1 aromatic heterocycles. The average Bonchev–Trinajstić information content (AvgIpc) is 2.67. The van der Waals surface area contributed by atoms with Crippen LogP contribution in [0.1, 0.15) is 37.6 Å². The maximum atomic E-state index is 8.67. The van der Waals surface area contributed by atoms with E-state index in [-0.39, 0.29) is 6.61 Å². The van der Waals surface area contributed by atoms with Gasteiger partial charge in [0.2, 0.25) is 0 Å². The predicted octanol–water partition coefficient (Wildman–Crippen LogP) is 1.07. The van der Waals surface area contributed by atoms with Crippen LogP contribution in [0.2, 0.25) is 0 Å². The van der Waals surface area contributed by atoms with Crippen molar-refractivity contribution in [3.63, 3.8) is 0 Å². The quantitative estimate of drug-likeness (QED) is 0.700. The van der Waals surface area contributed by atoms with Gasteiger partial charge in [0.15, 0.2) is 0 Å². The molecule has 0 aliphatic rings. The monoisotopic (exact) mass is 222 g/mol. The largest absolute Gasteiger partial charge is 0.396 e. The highest BCUT2D eigenvalue weighted by Crippen LogP contribution is 2.08. The molecule has 0 unspecified atom stereocenters. The van der Waals surface area contributed by atoms with Crippen molar-refractivity contribution in [3.05, 3.63) is 11.4 Å². The summed E-state index contributed by atoms with van der Waals surface area (Å²) in [6.45, 7) is 3.11. The van der Waals surface area contributed by atoms with Crippen molar-refractivity contribution in [3.8, 4) is 6.07 Å². The van der Waals surface area contributed by atoms with E-state index in [0.29, 0.717) is 6.42 Å².